The lowest BCUT2D eigenvalue weighted by molar-refractivity contribution is 0.0179. The average Bonchev–Trinajstić information content (AvgIpc) is 2.82. The third-order valence-electron chi connectivity index (χ3n) is 5.35. The first-order valence-electron chi connectivity index (χ1n) is 9.17. The zero-order valence-corrected chi connectivity index (χ0v) is 18.0. The van der Waals surface area contributed by atoms with Gasteiger partial charge in [0.25, 0.3) is 0 Å². The molecule has 1 saturated carbocycles. The van der Waals surface area contributed by atoms with Gasteiger partial charge in [-0.15, -0.1) is 0 Å². The highest BCUT2D eigenvalue weighted by atomic mass is 79.9. The third kappa shape index (κ3) is 4.00. The summed E-state index contributed by atoms with van der Waals surface area (Å²) >= 11 is 2.35. The Kier molecular flexibility index (Phi) is 5.69. The second-order valence-electron chi connectivity index (χ2n) is 8.21. The van der Waals surface area contributed by atoms with E-state index in [0.717, 1.165) is 48.9 Å². The molecule has 3 rings (SSSR count). The van der Waals surface area contributed by atoms with Gasteiger partial charge < -0.3 is 9.29 Å². The van der Waals surface area contributed by atoms with Crippen LogP contribution in [0.2, 0.25) is 0 Å². The van der Waals surface area contributed by atoms with Crippen LogP contribution in [-0.2, 0) is 22.5 Å². The highest BCUT2D eigenvalue weighted by Crippen LogP contribution is 2.49. The van der Waals surface area contributed by atoms with Crippen molar-refractivity contribution in [1.29, 1.82) is 0 Å². The van der Waals surface area contributed by atoms with Gasteiger partial charge in [-0.1, -0.05) is 26.4 Å². The molecule has 0 aliphatic heterocycles. The minimum absolute atomic E-state index is 0.0254. The van der Waals surface area contributed by atoms with Crippen molar-refractivity contribution < 1.29 is 9.29 Å². The Hall–Kier alpha value is -0.360. The molecule has 2 aliphatic carbocycles. The molecule has 5 heteroatoms. The number of ether oxygens (including phenoxy) is 1. The molecule has 1 fully saturated rings. The van der Waals surface area contributed by atoms with Crippen LogP contribution in [0.4, 0.5) is 0 Å². The van der Waals surface area contributed by atoms with Crippen LogP contribution in [0.25, 0.3) is 0 Å². The van der Waals surface area contributed by atoms with Crippen LogP contribution in [0.1, 0.15) is 64.5 Å². The van der Waals surface area contributed by atoms with Crippen molar-refractivity contribution in [3.05, 3.63) is 33.8 Å². The van der Waals surface area contributed by atoms with Crippen molar-refractivity contribution >= 4 is 33.0 Å². The predicted octanol–water partition coefficient (Wildman–Crippen LogP) is 5.22. The second-order valence-corrected chi connectivity index (χ2v) is 11.0. The molecule has 1 unspecified atom stereocenters. The molecule has 1 aromatic rings. The van der Waals surface area contributed by atoms with Gasteiger partial charge in [0.05, 0.1) is 6.10 Å². The normalized spacial score (nSPS) is 29.2. The van der Waals surface area contributed by atoms with Crippen LogP contribution in [0.3, 0.4) is 0 Å². The summed E-state index contributed by atoms with van der Waals surface area (Å²) in [7, 11) is 0. The monoisotopic (exact) mass is 425 g/mol. The molecule has 0 saturated heterocycles. The minimum atomic E-state index is -1.24. The summed E-state index contributed by atoms with van der Waals surface area (Å²) in [6, 6.07) is 6.44. The summed E-state index contributed by atoms with van der Waals surface area (Å²) in [5.41, 5.74) is 3.61. The number of hydrogen-bond donors (Lipinski definition) is 0. The van der Waals surface area contributed by atoms with Crippen LogP contribution in [0.5, 0.6) is 0 Å². The topological polar surface area (TPSA) is 44.6 Å². The first-order valence-corrected chi connectivity index (χ1v) is 11.1. The maximum Gasteiger partial charge on any atom is 0.144 e. The van der Waals surface area contributed by atoms with E-state index in [2.05, 4.69) is 41.1 Å². The van der Waals surface area contributed by atoms with Crippen LogP contribution < -0.4 is 0 Å². The molecule has 0 heterocycles. The first kappa shape index (κ1) is 19.4. The van der Waals surface area contributed by atoms with Gasteiger partial charge in [0.2, 0.25) is 0 Å². The Morgan fingerprint density at radius 2 is 2.00 bits per heavy atom. The van der Waals surface area contributed by atoms with Gasteiger partial charge in [0.1, 0.15) is 21.8 Å². The molecular weight excluding hydrogens is 398 g/mol. The second kappa shape index (κ2) is 7.34. The molecule has 0 bridgehead atoms. The van der Waals surface area contributed by atoms with Gasteiger partial charge >= 0.3 is 0 Å². The van der Waals surface area contributed by atoms with E-state index in [4.69, 9.17) is 9.13 Å². The fourth-order valence-corrected chi connectivity index (χ4v) is 5.08. The summed E-state index contributed by atoms with van der Waals surface area (Å²) in [5, 5.41) is 0. The first-order chi connectivity index (χ1) is 11.7. The quantitative estimate of drug-likeness (QED) is 0.622. The molecule has 0 N–H and O–H groups in total. The number of nitrogens with zero attached hydrogens (tertiary/aromatic N) is 1. The van der Waals surface area contributed by atoms with E-state index in [0.29, 0.717) is 6.10 Å². The molecule has 0 radical (unpaired) electrons. The molecule has 0 amide bonds. The maximum absolute atomic E-state index is 12.8. The van der Waals surface area contributed by atoms with Gasteiger partial charge in [0, 0.05) is 22.1 Å². The summed E-state index contributed by atoms with van der Waals surface area (Å²) in [6.07, 6.45) is 5.61. The largest absolute Gasteiger partial charge is 0.591 e. The fourth-order valence-electron chi connectivity index (χ4n) is 3.98. The van der Waals surface area contributed by atoms with Gasteiger partial charge in [-0.05, 0) is 77.5 Å². The van der Waals surface area contributed by atoms with E-state index in [1.165, 1.54) is 11.1 Å². The van der Waals surface area contributed by atoms with Crippen molar-refractivity contribution in [2.75, 3.05) is 6.61 Å². The number of rotatable bonds is 3. The smallest absolute Gasteiger partial charge is 0.144 e. The number of benzene rings is 1. The van der Waals surface area contributed by atoms with Crippen molar-refractivity contribution in [2.45, 2.75) is 70.7 Å². The molecule has 25 heavy (non-hydrogen) atoms. The summed E-state index contributed by atoms with van der Waals surface area (Å²) < 4.78 is 24.2. The van der Waals surface area contributed by atoms with Crippen LogP contribution in [0.15, 0.2) is 27.1 Å². The molecule has 138 valence electrons. The van der Waals surface area contributed by atoms with Crippen LogP contribution >= 0.6 is 15.9 Å². The molecule has 1 aromatic carbocycles. The maximum atomic E-state index is 12.8. The fraction of sp³-hybridized carbons (Fsp3) is 0.650. The lowest BCUT2D eigenvalue weighted by Gasteiger charge is -2.37. The Labute approximate surface area is 163 Å². The summed E-state index contributed by atoms with van der Waals surface area (Å²) in [4.78, 5) is 0. The average molecular weight is 426 g/mol. The van der Waals surface area contributed by atoms with Gasteiger partial charge in [0.15, 0.2) is 0 Å². The predicted molar refractivity (Wildman–Crippen MR) is 109 cm³/mol. The number of hydrogen-bond acceptors (Lipinski definition) is 3. The Bertz CT molecular complexity index is 660. The van der Waals surface area contributed by atoms with Crippen molar-refractivity contribution in [3.63, 3.8) is 0 Å². The highest BCUT2D eigenvalue weighted by molar-refractivity contribution is 9.10. The van der Waals surface area contributed by atoms with Crippen molar-refractivity contribution in [2.24, 2.45) is 9.81 Å². The van der Waals surface area contributed by atoms with E-state index < -0.39 is 11.4 Å². The Morgan fingerprint density at radius 1 is 1.32 bits per heavy atom. The SMILES string of the molecule is CCOC1CCC2(CC1)Cc1ccc(Br)cc1/C2=N/[S+]([O-])C(C)(C)C. The lowest BCUT2D eigenvalue weighted by Crippen LogP contribution is -2.37. The zero-order valence-electron chi connectivity index (χ0n) is 15.6. The number of fused-ring (bicyclic) bond motifs is 1. The summed E-state index contributed by atoms with van der Waals surface area (Å²) in [5.74, 6) is 0. The molecular formula is C20H28BrNO2S. The minimum Gasteiger partial charge on any atom is -0.591 e. The van der Waals surface area contributed by atoms with Crippen LogP contribution in [-0.4, -0.2) is 27.7 Å². The third-order valence-corrected chi connectivity index (χ3v) is 7.24. The van der Waals surface area contributed by atoms with Gasteiger partial charge in [-0.25, -0.2) is 0 Å². The lowest BCUT2D eigenvalue weighted by atomic mass is 9.70. The van der Waals surface area contributed by atoms with Crippen LogP contribution in [0, 0.1) is 5.41 Å². The molecule has 0 aromatic heterocycles. The van der Waals surface area contributed by atoms with E-state index in [9.17, 15) is 4.55 Å². The zero-order chi connectivity index (χ0) is 18.2. The van der Waals surface area contributed by atoms with Gasteiger partial charge in [-0.2, -0.15) is 0 Å². The molecule has 3 nitrogen and oxygen atoms in total. The highest BCUT2D eigenvalue weighted by Gasteiger charge is 2.47. The summed E-state index contributed by atoms with van der Waals surface area (Å²) in [6.45, 7) is 8.81. The van der Waals surface area contributed by atoms with E-state index in [1.807, 2.05) is 20.8 Å². The number of halogens is 1. The van der Waals surface area contributed by atoms with Crippen molar-refractivity contribution in [1.82, 2.24) is 0 Å². The van der Waals surface area contributed by atoms with Crippen molar-refractivity contribution in [3.8, 4) is 0 Å². The van der Waals surface area contributed by atoms with Gasteiger partial charge in [-0.3, -0.25) is 0 Å². The van der Waals surface area contributed by atoms with E-state index in [1.54, 1.807) is 0 Å². The van der Waals surface area contributed by atoms with E-state index in [-0.39, 0.29) is 10.2 Å². The molecule has 1 atom stereocenters. The Balaban J connectivity index is 1.97. The molecule has 1 spiro atoms. The van der Waals surface area contributed by atoms with E-state index >= 15 is 0 Å². The Morgan fingerprint density at radius 3 is 2.60 bits per heavy atom. The molecule has 2 aliphatic rings. The standard InChI is InChI=1S/C20H28BrNO2S/c1-5-24-16-8-10-20(11-9-16)13-14-6-7-15(21)12-17(14)18(20)22-25(23)19(2,3)4/h6-7,12,16H,5,8-11,13H2,1-4H3/b22-18-.